The maximum absolute atomic E-state index is 9.59. The summed E-state index contributed by atoms with van der Waals surface area (Å²) in [5.74, 6) is 0.132. The van der Waals surface area contributed by atoms with Gasteiger partial charge in [-0.2, -0.15) is 10.5 Å². The summed E-state index contributed by atoms with van der Waals surface area (Å²) in [6.45, 7) is 0. The summed E-state index contributed by atoms with van der Waals surface area (Å²) in [5.41, 5.74) is 0.754. The maximum Gasteiger partial charge on any atom is 0.137 e. The molecule has 0 saturated heterocycles. The van der Waals surface area contributed by atoms with Crippen LogP contribution in [0.4, 0.5) is 5.69 Å². The van der Waals surface area contributed by atoms with E-state index in [2.05, 4.69) is 4.99 Å². The quantitative estimate of drug-likeness (QED) is 0.645. The summed E-state index contributed by atoms with van der Waals surface area (Å²) < 4.78 is 0. The van der Waals surface area contributed by atoms with Gasteiger partial charge in [0, 0.05) is 15.7 Å². The lowest BCUT2D eigenvalue weighted by atomic mass is 10.1. The van der Waals surface area contributed by atoms with Crippen molar-refractivity contribution in [2.24, 2.45) is 4.99 Å². The Morgan fingerprint density at radius 2 is 1.89 bits per heavy atom. The summed E-state index contributed by atoms with van der Waals surface area (Å²) in [7, 11) is 0. The summed E-state index contributed by atoms with van der Waals surface area (Å²) in [5, 5.41) is 30.4. The van der Waals surface area contributed by atoms with Crippen LogP contribution in [0.1, 0.15) is 0 Å². The van der Waals surface area contributed by atoms with Crippen LogP contribution in [-0.4, -0.2) is 5.11 Å². The number of phenols is 1. The fourth-order valence-electron chi connectivity index (χ4n) is 2.22. The van der Waals surface area contributed by atoms with Crippen LogP contribution in [0.2, 0.25) is 0 Å². The zero-order valence-corrected chi connectivity index (χ0v) is 9.75. The van der Waals surface area contributed by atoms with Gasteiger partial charge in [0.15, 0.2) is 0 Å². The number of hydrogen-bond donors (Lipinski definition) is 1. The predicted octanol–water partition coefficient (Wildman–Crippen LogP) is 1.14. The van der Waals surface area contributed by atoms with E-state index < -0.39 is 0 Å². The van der Waals surface area contributed by atoms with Gasteiger partial charge in [0.2, 0.25) is 0 Å². The Morgan fingerprint density at radius 3 is 2.63 bits per heavy atom. The van der Waals surface area contributed by atoms with Crippen LogP contribution in [-0.2, 0) is 0 Å². The molecule has 0 aliphatic carbocycles. The van der Waals surface area contributed by atoms with E-state index in [1.807, 2.05) is 18.2 Å². The molecule has 2 aromatic rings. The molecule has 1 aliphatic heterocycles. The SMILES string of the molecule is N#CC(C#N)=c1cccc2c1=c1cc(O)ccc1=N2. The second-order valence-corrected chi connectivity index (χ2v) is 4.11. The van der Waals surface area contributed by atoms with Crippen molar-refractivity contribution in [3.05, 3.63) is 57.4 Å². The third-order valence-corrected chi connectivity index (χ3v) is 3.03. The average Bonchev–Trinajstić information content (AvgIpc) is 2.78. The van der Waals surface area contributed by atoms with E-state index in [4.69, 9.17) is 10.5 Å². The maximum atomic E-state index is 9.59. The molecule has 3 rings (SSSR count). The normalized spacial score (nSPS) is 10.6. The van der Waals surface area contributed by atoms with Crippen LogP contribution in [0.3, 0.4) is 0 Å². The van der Waals surface area contributed by atoms with Crippen LogP contribution < -0.4 is 10.6 Å². The predicted molar refractivity (Wildman–Crippen MR) is 67.3 cm³/mol. The van der Waals surface area contributed by atoms with Gasteiger partial charge in [-0.3, -0.25) is 0 Å². The highest BCUT2D eigenvalue weighted by Crippen LogP contribution is 2.17. The van der Waals surface area contributed by atoms with Crippen molar-refractivity contribution < 1.29 is 5.11 Å². The first-order valence-electron chi connectivity index (χ1n) is 5.60. The molecule has 1 N–H and O–H groups in total. The van der Waals surface area contributed by atoms with Gasteiger partial charge in [0.05, 0.1) is 11.0 Å². The van der Waals surface area contributed by atoms with Gasteiger partial charge in [0.25, 0.3) is 0 Å². The van der Waals surface area contributed by atoms with Crippen LogP contribution >= 0.6 is 0 Å². The molecule has 0 bridgehead atoms. The summed E-state index contributed by atoms with van der Waals surface area (Å²) >= 11 is 0. The topological polar surface area (TPSA) is 80.2 Å². The van der Waals surface area contributed by atoms with Crippen molar-refractivity contribution in [3.8, 4) is 17.9 Å². The summed E-state index contributed by atoms with van der Waals surface area (Å²) in [6, 6.07) is 14.0. The van der Waals surface area contributed by atoms with Gasteiger partial charge >= 0.3 is 0 Å². The molecule has 0 unspecified atom stereocenters. The lowest BCUT2D eigenvalue weighted by Crippen LogP contribution is -2.07. The molecule has 4 heteroatoms. The first-order chi connectivity index (χ1) is 9.24. The molecule has 0 fully saturated rings. The zero-order chi connectivity index (χ0) is 13.4. The Morgan fingerprint density at radius 1 is 1.11 bits per heavy atom. The van der Waals surface area contributed by atoms with Crippen molar-refractivity contribution in [1.82, 2.24) is 0 Å². The number of nitrogens with zero attached hydrogens (tertiary/aromatic N) is 3. The van der Waals surface area contributed by atoms with E-state index in [-0.39, 0.29) is 11.3 Å². The molecule has 1 heterocycles. The van der Waals surface area contributed by atoms with Crippen molar-refractivity contribution in [1.29, 1.82) is 10.5 Å². The summed E-state index contributed by atoms with van der Waals surface area (Å²) in [4.78, 5) is 4.42. The van der Waals surface area contributed by atoms with Crippen LogP contribution in [0.15, 0.2) is 41.4 Å². The fraction of sp³-hybridized carbons (Fsp3) is 0. The van der Waals surface area contributed by atoms with Gasteiger partial charge < -0.3 is 5.11 Å². The highest BCUT2D eigenvalue weighted by molar-refractivity contribution is 5.73. The van der Waals surface area contributed by atoms with Gasteiger partial charge in [-0.05, 0) is 24.3 Å². The van der Waals surface area contributed by atoms with Gasteiger partial charge in [-0.25, -0.2) is 4.99 Å². The molecule has 0 aromatic heterocycles. The van der Waals surface area contributed by atoms with Gasteiger partial charge in [-0.1, -0.05) is 12.1 Å². The third kappa shape index (κ3) is 1.55. The zero-order valence-electron chi connectivity index (χ0n) is 9.75. The lowest BCUT2D eigenvalue weighted by Gasteiger charge is -1.93. The van der Waals surface area contributed by atoms with E-state index in [0.29, 0.717) is 10.9 Å². The Hall–Kier alpha value is -3.11. The average molecular weight is 245 g/mol. The number of nitriles is 2. The third-order valence-electron chi connectivity index (χ3n) is 3.03. The Balaban J connectivity index is 2.72. The molecule has 0 saturated carbocycles. The van der Waals surface area contributed by atoms with Gasteiger partial charge in [0.1, 0.15) is 23.5 Å². The Kier molecular flexibility index (Phi) is 2.30. The molecule has 0 radical (unpaired) electrons. The smallest absolute Gasteiger partial charge is 0.137 e. The van der Waals surface area contributed by atoms with E-state index in [9.17, 15) is 5.11 Å². The standard InChI is InChI=1S/C15H7N3O/c16-7-9(8-17)11-2-1-3-14-15(11)12-6-10(19)4-5-13(12)18-14/h1-6,19H. The number of phenolic OH excluding ortho intramolecular Hbond substituents is 1. The largest absolute Gasteiger partial charge is 0.508 e. The molecule has 2 aromatic carbocycles. The Labute approximate surface area is 108 Å². The number of fused-ring (bicyclic) bond motifs is 2. The highest BCUT2D eigenvalue weighted by atomic mass is 16.3. The lowest BCUT2D eigenvalue weighted by molar-refractivity contribution is 0.474. The number of benzene rings is 2. The Bertz CT molecular complexity index is 976. The first kappa shape index (κ1) is 11.0. The molecule has 19 heavy (non-hydrogen) atoms. The van der Waals surface area contributed by atoms with Crippen LogP contribution in [0, 0.1) is 33.1 Å². The molecule has 0 amide bonds. The summed E-state index contributed by atoms with van der Waals surface area (Å²) in [6.07, 6.45) is 0. The number of hydrogen-bond acceptors (Lipinski definition) is 4. The molecule has 0 atom stereocenters. The van der Waals surface area contributed by atoms with E-state index in [1.54, 1.807) is 30.3 Å². The second-order valence-electron chi connectivity index (χ2n) is 4.11. The fourth-order valence-corrected chi connectivity index (χ4v) is 2.22. The van der Waals surface area contributed by atoms with Crippen LogP contribution in [0.25, 0.3) is 5.57 Å². The second kappa shape index (κ2) is 3.97. The minimum Gasteiger partial charge on any atom is -0.508 e. The van der Waals surface area contributed by atoms with E-state index in [1.165, 1.54) is 0 Å². The van der Waals surface area contributed by atoms with Crippen molar-refractivity contribution in [3.63, 3.8) is 0 Å². The minimum absolute atomic E-state index is 0.0447. The highest BCUT2D eigenvalue weighted by Gasteiger charge is 2.07. The number of rotatable bonds is 0. The molecular weight excluding hydrogens is 238 g/mol. The monoisotopic (exact) mass is 245 g/mol. The molecule has 1 aliphatic rings. The first-order valence-corrected chi connectivity index (χ1v) is 5.60. The van der Waals surface area contributed by atoms with E-state index in [0.717, 1.165) is 15.8 Å². The van der Waals surface area contributed by atoms with Gasteiger partial charge in [-0.15, -0.1) is 0 Å². The molecule has 4 nitrogen and oxygen atoms in total. The van der Waals surface area contributed by atoms with Crippen molar-refractivity contribution in [2.45, 2.75) is 0 Å². The van der Waals surface area contributed by atoms with E-state index >= 15 is 0 Å². The minimum atomic E-state index is 0.0447. The molecular formula is C15H7N3O. The molecule has 88 valence electrons. The molecule has 0 spiro atoms. The number of aromatic hydroxyl groups is 1. The van der Waals surface area contributed by atoms with Crippen molar-refractivity contribution >= 4 is 11.3 Å². The van der Waals surface area contributed by atoms with Crippen molar-refractivity contribution in [2.75, 3.05) is 0 Å². The van der Waals surface area contributed by atoms with Crippen LogP contribution in [0.5, 0.6) is 5.75 Å².